The highest BCUT2D eigenvalue weighted by Crippen LogP contribution is 2.31. The third kappa shape index (κ3) is 4.46. The maximum Gasteiger partial charge on any atom is 0.0116 e. The van der Waals surface area contributed by atoms with Crippen molar-refractivity contribution in [2.45, 2.75) is 50.8 Å². The molecule has 2 saturated heterocycles. The molecule has 100 valence electrons. The minimum absolute atomic E-state index is 0.496. The molecule has 2 fully saturated rings. The molecule has 0 spiro atoms. The average Bonchev–Trinajstić information content (AvgIpc) is 2.41. The van der Waals surface area contributed by atoms with Gasteiger partial charge in [-0.05, 0) is 45.2 Å². The summed E-state index contributed by atoms with van der Waals surface area (Å²) < 4.78 is 0.496. The van der Waals surface area contributed by atoms with Gasteiger partial charge in [-0.25, -0.2) is 0 Å². The molecule has 2 aliphatic rings. The fraction of sp³-hybridized carbons (Fsp3) is 1.00. The lowest BCUT2D eigenvalue weighted by Gasteiger charge is -2.32. The summed E-state index contributed by atoms with van der Waals surface area (Å²) in [7, 11) is 0. The van der Waals surface area contributed by atoms with Crippen LogP contribution in [-0.4, -0.2) is 47.6 Å². The fourth-order valence-electron chi connectivity index (χ4n) is 3.01. The van der Waals surface area contributed by atoms with Crippen molar-refractivity contribution in [3.8, 4) is 0 Å². The van der Waals surface area contributed by atoms with Crippen LogP contribution in [0.5, 0.6) is 0 Å². The summed E-state index contributed by atoms with van der Waals surface area (Å²) in [6, 6.07) is 0.728. The van der Waals surface area contributed by atoms with Crippen molar-refractivity contribution in [2.75, 3.05) is 31.9 Å². The minimum Gasteiger partial charge on any atom is -0.314 e. The minimum atomic E-state index is 0.496. The van der Waals surface area contributed by atoms with Gasteiger partial charge in [0.2, 0.25) is 0 Å². The Balaban J connectivity index is 1.78. The summed E-state index contributed by atoms with van der Waals surface area (Å²) in [5, 5.41) is 3.55. The summed E-state index contributed by atoms with van der Waals surface area (Å²) in [4.78, 5) is 2.71. The van der Waals surface area contributed by atoms with Crippen LogP contribution in [0.1, 0.15) is 40.0 Å². The lowest BCUT2D eigenvalue weighted by molar-refractivity contribution is 0.197. The highest BCUT2D eigenvalue weighted by atomic mass is 32.2. The zero-order valence-electron chi connectivity index (χ0n) is 11.7. The first-order chi connectivity index (χ1) is 8.05. The van der Waals surface area contributed by atoms with Gasteiger partial charge in [0.25, 0.3) is 0 Å². The van der Waals surface area contributed by atoms with E-state index in [-0.39, 0.29) is 0 Å². The second kappa shape index (κ2) is 5.94. The molecule has 0 aliphatic carbocycles. The van der Waals surface area contributed by atoms with Gasteiger partial charge in [0.15, 0.2) is 0 Å². The van der Waals surface area contributed by atoms with Gasteiger partial charge in [-0.15, -0.1) is 0 Å². The van der Waals surface area contributed by atoms with E-state index in [0.717, 1.165) is 12.0 Å². The van der Waals surface area contributed by atoms with Crippen LogP contribution in [0.2, 0.25) is 0 Å². The van der Waals surface area contributed by atoms with E-state index >= 15 is 0 Å². The fourth-order valence-corrected chi connectivity index (χ4v) is 4.15. The van der Waals surface area contributed by atoms with Crippen molar-refractivity contribution in [2.24, 2.45) is 5.92 Å². The van der Waals surface area contributed by atoms with Gasteiger partial charge in [0.1, 0.15) is 0 Å². The molecule has 0 saturated carbocycles. The predicted octanol–water partition coefficient (Wildman–Crippen LogP) is 2.59. The highest BCUT2D eigenvalue weighted by molar-refractivity contribution is 8.00. The van der Waals surface area contributed by atoms with Gasteiger partial charge < -0.3 is 10.2 Å². The Morgan fingerprint density at radius 2 is 2.18 bits per heavy atom. The van der Waals surface area contributed by atoms with Gasteiger partial charge in [-0.1, -0.05) is 13.8 Å². The van der Waals surface area contributed by atoms with Crippen molar-refractivity contribution in [1.82, 2.24) is 10.2 Å². The number of piperidine rings is 1. The summed E-state index contributed by atoms with van der Waals surface area (Å²) in [5.74, 6) is 2.24. The Hall–Kier alpha value is 0.270. The third-order valence-corrected chi connectivity index (χ3v) is 5.55. The van der Waals surface area contributed by atoms with Crippen molar-refractivity contribution in [3.05, 3.63) is 0 Å². The van der Waals surface area contributed by atoms with Crippen LogP contribution in [0.3, 0.4) is 0 Å². The number of hydrogen-bond donors (Lipinski definition) is 1. The van der Waals surface area contributed by atoms with Crippen LogP contribution in [0, 0.1) is 5.92 Å². The van der Waals surface area contributed by atoms with Gasteiger partial charge in [0.05, 0.1) is 0 Å². The SMILES string of the molecule is CC1CC(CN2CCSC(C)(C)CC2)CCN1. The van der Waals surface area contributed by atoms with Crippen LogP contribution in [0.15, 0.2) is 0 Å². The lowest BCUT2D eigenvalue weighted by Crippen LogP contribution is -2.41. The normalized spacial score (nSPS) is 35.5. The number of nitrogens with one attached hydrogen (secondary N) is 1. The Labute approximate surface area is 111 Å². The smallest absolute Gasteiger partial charge is 0.0116 e. The molecule has 2 aliphatic heterocycles. The molecule has 0 aromatic heterocycles. The second-order valence-electron chi connectivity index (χ2n) is 6.40. The first-order valence-corrected chi connectivity index (χ1v) is 8.13. The molecule has 0 aromatic rings. The second-order valence-corrected chi connectivity index (χ2v) is 8.21. The Morgan fingerprint density at radius 3 is 2.94 bits per heavy atom. The van der Waals surface area contributed by atoms with Gasteiger partial charge >= 0.3 is 0 Å². The number of thioether (sulfide) groups is 1. The van der Waals surface area contributed by atoms with E-state index in [2.05, 4.69) is 42.7 Å². The number of nitrogens with zero attached hydrogens (tertiary/aromatic N) is 1. The van der Waals surface area contributed by atoms with Crippen molar-refractivity contribution < 1.29 is 0 Å². The van der Waals surface area contributed by atoms with E-state index in [1.165, 1.54) is 51.2 Å². The molecule has 0 radical (unpaired) electrons. The Morgan fingerprint density at radius 1 is 1.35 bits per heavy atom. The lowest BCUT2D eigenvalue weighted by atomic mass is 9.92. The van der Waals surface area contributed by atoms with E-state index in [1.54, 1.807) is 0 Å². The molecule has 0 aromatic carbocycles. The van der Waals surface area contributed by atoms with Crippen LogP contribution >= 0.6 is 11.8 Å². The van der Waals surface area contributed by atoms with Gasteiger partial charge in [-0.2, -0.15) is 11.8 Å². The monoisotopic (exact) mass is 256 g/mol. The number of hydrogen-bond acceptors (Lipinski definition) is 3. The Bertz CT molecular complexity index is 242. The largest absolute Gasteiger partial charge is 0.314 e. The molecular formula is C14H28N2S. The van der Waals surface area contributed by atoms with Gasteiger partial charge in [0, 0.05) is 29.6 Å². The van der Waals surface area contributed by atoms with E-state index in [1.807, 2.05) is 0 Å². The molecule has 3 heteroatoms. The molecule has 2 unspecified atom stereocenters. The predicted molar refractivity (Wildman–Crippen MR) is 77.8 cm³/mol. The van der Waals surface area contributed by atoms with E-state index in [9.17, 15) is 0 Å². The highest BCUT2D eigenvalue weighted by Gasteiger charge is 2.26. The van der Waals surface area contributed by atoms with Crippen LogP contribution in [0.4, 0.5) is 0 Å². The first-order valence-electron chi connectivity index (χ1n) is 7.15. The van der Waals surface area contributed by atoms with Crippen LogP contribution in [-0.2, 0) is 0 Å². The van der Waals surface area contributed by atoms with Crippen LogP contribution < -0.4 is 5.32 Å². The molecule has 2 atom stereocenters. The molecule has 17 heavy (non-hydrogen) atoms. The zero-order chi connectivity index (χ0) is 12.3. The van der Waals surface area contributed by atoms with Gasteiger partial charge in [-0.3, -0.25) is 0 Å². The van der Waals surface area contributed by atoms with E-state index < -0.39 is 0 Å². The Kier molecular flexibility index (Phi) is 4.79. The first kappa shape index (κ1) is 13.7. The van der Waals surface area contributed by atoms with Crippen molar-refractivity contribution in [3.63, 3.8) is 0 Å². The van der Waals surface area contributed by atoms with Crippen molar-refractivity contribution in [1.29, 1.82) is 0 Å². The van der Waals surface area contributed by atoms with Crippen LogP contribution in [0.25, 0.3) is 0 Å². The molecule has 2 rings (SSSR count). The summed E-state index contributed by atoms with van der Waals surface area (Å²) >= 11 is 2.15. The zero-order valence-corrected chi connectivity index (χ0v) is 12.5. The molecule has 2 heterocycles. The quantitative estimate of drug-likeness (QED) is 0.817. The van der Waals surface area contributed by atoms with Crippen molar-refractivity contribution >= 4 is 11.8 Å². The topological polar surface area (TPSA) is 15.3 Å². The maximum atomic E-state index is 3.55. The van der Waals surface area contributed by atoms with E-state index in [0.29, 0.717) is 4.75 Å². The summed E-state index contributed by atoms with van der Waals surface area (Å²) in [5.41, 5.74) is 0. The molecule has 2 nitrogen and oxygen atoms in total. The molecule has 1 N–H and O–H groups in total. The summed E-state index contributed by atoms with van der Waals surface area (Å²) in [6.07, 6.45) is 4.09. The average molecular weight is 256 g/mol. The number of rotatable bonds is 2. The summed E-state index contributed by atoms with van der Waals surface area (Å²) in [6.45, 7) is 12.3. The standard InChI is InChI=1S/C14H28N2S/c1-12-10-13(4-6-15-12)11-16-7-5-14(2,3)17-9-8-16/h12-13,15H,4-11H2,1-3H3. The van der Waals surface area contributed by atoms with E-state index in [4.69, 9.17) is 0 Å². The molecule has 0 bridgehead atoms. The third-order valence-electron chi connectivity index (χ3n) is 4.18. The maximum absolute atomic E-state index is 3.55. The molecule has 0 amide bonds. The molecular weight excluding hydrogens is 228 g/mol.